The average Bonchev–Trinajstić information content (AvgIpc) is 2.92. The number of phenolic OH excluding ortho intramolecular Hbond substituents is 1. The van der Waals surface area contributed by atoms with Crippen LogP contribution in [0.15, 0.2) is 95.9 Å². The summed E-state index contributed by atoms with van der Waals surface area (Å²) in [6.45, 7) is 0. The van der Waals surface area contributed by atoms with Gasteiger partial charge in [0.05, 0.1) is 32.3 Å². The number of non-ortho nitro benzene ring substituents is 1. The number of phenols is 1. The topological polar surface area (TPSA) is 316 Å². The fourth-order valence-electron chi connectivity index (χ4n) is 3.66. The number of nitrogen functional groups attached to an aromatic ring is 1. The number of benzene rings is 4. The molecule has 0 amide bonds. The molecule has 0 fully saturated rings. The molecule has 4 aromatic rings. The third kappa shape index (κ3) is 6.74. The number of nitro benzene ring substituents is 1. The van der Waals surface area contributed by atoms with Gasteiger partial charge in [0, 0.05) is 12.1 Å². The smallest absolute Gasteiger partial charge is 0.296 e. The summed E-state index contributed by atoms with van der Waals surface area (Å²) in [6, 6.07) is 9.99. The summed E-state index contributed by atoms with van der Waals surface area (Å²) in [7, 11) is -14.8. The lowest BCUT2D eigenvalue weighted by Gasteiger charge is -2.14. The first kappa shape index (κ1) is 31.8. The van der Waals surface area contributed by atoms with Gasteiger partial charge in [0.1, 0.15) is 15.5 Å². The maximum Gasteiger partial charge on any atom is 0.296 e. The number of anilines is 1. The minimum absolute atomic E-state index is 0.0111. The molecule has 4 aromatic carbocycles. The Labute approximate surface area is 246 Å². The molecule has 0 aliphatic carbocycles. The monoisotopic (exact) mass is 666 g/mol. The fraction of sp³-hybridized carbons (Fsp3) is 0. The van der Waals surface area contributed by atoms with E-state index in [4.69, 9.17) is 10.3 Å². The van der Waals surface area contributed by atoms with Gasteiger partial charge in [0.2, 0.25) is 0 Å². The van der Waals surface area contributed by atoms with Crippen LogP contribution < -0.4 is 11.2 Å². The second-order valence-corrected chi connectivity index (χ2v) is 12.7. The lowest BCUT2D eigenvalue weighted by atomic mass is 10.1. The lowest BCUT2D eigenvalue weighted by molar-refractivity contribution is -0.384. The molecule has 0 unspecified atom stereocenters. The van der Waals surface area contributed by atoms with Crippen LogP contribution in [0.5, 0.6) is 5.75 Å². The van der Waals surface area contributed by atoms with Gasteiger partial charge in [0.15, 0.2) is 11.4 Å². The first-order chi connectivity index (χ1) is 20.4. The number of hydrogen-bond donors (Lipinski definition) is 5. The number of azo groups is 1. The minimum atomic E-state index is -5.18. The van der Waals surface area contributed by atoms with Gasteiger partial charge in [0.25, 0.3) is 36.0 Å². The SMILES string of the molecule is Nc1c(N=Nc2ccc([N+](=O)[O-])cc2)c(S(=O)(=O)O)cc2cc(S(=O)(=O)O)c(N=N[N]c3ccc(S(=O)(=O)O)cc3)c(O)c12. The third-order valence-electron chi connectivity index (χ3n) is 5.64. The molecule has 19 nitrogen and oxygen atoms in total. The summed E-state index contributed by atoms with van der Waals surface area (Å²) in [5.74, 6) is -1.05. The zero-order valence-corrected chi connectivity index (χ0v) is 23.8. The van der Waals surface area contributed by atoms with Crippen molar-refractivity contribution in [1.29, 1.82) is 0 Å². The van der Waals surface area contributed by atoms with Crippen molar-refractivity contribution in [2.45, 2.75) is 14.7 Å². The first-order valence-corrected chi connectivity index (χ1v) is 15.6. The second-order valence-electron chi connectivity index (χ2n) is 8.49. The number of nitrogens with two attached hydrogens (primary N) is 1. The molecule has 22 heteroatoms. The first-order valence-electron chi connectivity index (χ1n) is 11.3. The molecule has 0 saturated carbocycles. The van der Waals surface area contributed by atoms with Gasteiger partial charge >= 0.3 is 0 Å². The Kier molecular flexibility index (Phi) is 8.32. The molecule has 0 spiro atoms. The van der Waals surface area contributed by atoms with Crippen LogP contribution >= 0.6 is 0 Å². The van der Waals surface area contributed by atoms with Crippen LogP contribution in [0.1, 0.15) is 0 Å². The summed E-state index contributed by atoms with van der Waals surface area (Å²) in [4.78, 5) is 7.66. The number of fused-ring (bicyclic) bond motifs is 1. The predicted molar refractivity (Wildman–Crippen MR) is 149 cm³/mol. The normalized spacial score (nSPS) is 12.7. The molecule has 1 radical (unpaired) electrons. The maximum atomic E-state index is 12.2. The number of rotatable bonds is 9. The summed E-state index contributed by atoms with van der Waals surface area (Å²) < 4.78 is 99.6. The van der Waals surface area contributed by atoms with E-state index in [0.29, 0.717) is 12.1 Å². The molecule has 0 saturated heterocycles. The number of nitrogens with zero attached hydrogens (tertiary/aromatic N) is 6. The third-order valence-corrected chi connectivity index (χ3v) is 8.24. The minimum Gasteiger partial charge on any atom is -0.505 e. The van der Waals surface area contributed by atoms with Crippen LogP contribution in [0.25, 0.3) is 10.8 Å². The Morgan fingerprint density at radius 2 is 1.23 bits per heavy atom. The Bertz CT molecular complexity index is 2200. The molecule has 44 heavy (non-hydrogen) atoms. The highest BCUT2D eigenvalue weighted by Crippen LogP contribution is 2.48. The largest absolute Gasteiger partial charge is 0.505 e. The molecule has 229 valence electrons. The van der Waals surface area contributed by atoms with Gasteiger partial charge in [-0.15, -0.1) is 15.7 Å². The van der Waals surface area contributed by atoms with Crippen LogP contribution in [0.3, 0.4) is 0 Å². The Morgan fingerprint density at radius 1 is 0.705 bits per heavy atom. The van der Waals surface area contributed by atoms with Gasteiger partial charge < -0.3 is 10.8 Å². The highest BCUT2D eigenvalue weighted by Gasteiger charge is 2.28. The molecule has 0 heterocycles. The van der Waals surface area contributed by atoms with Crippen molar-refractivity contribution in [2.24, 2.45) is 20.6 Å². The van der Waals surface area contributed by atoms with E-state index < -0.39 is 83.5 Å². The van der Waals surface area contributed by atoms with Crippen LogP contribution in [0.2, 0.25) is 0 Å². The van der Waals surface area contributed by atoms with Crippen molar-refractivity contribution < 1.29 is 48.9 Å². The zero-order valence-electron chi connectivity index (χ0n) is 21.3. The van der Waals surface area contributed by atoms with Crippen molar-refractivity contribution >= 4 is 75.3 Å². The highest BCUT2D eigenvalue weighted by molar-refractivity contribution is 7.86. The summed E-state index contributed by atoms with van der Waals surface area (Å²) >= 11 is 0. The van der Waals surface area contributed by atoms with E-state index in [-0.39, 0.29) is 17.1 Å². The Hall–Kier alpha value is -5.13. The van der Waals surface area contributed by atoms with E-state index in [0.717, 1.165) is 36.4 Å². The summed E-state index contributed by atoms with van der Waals surface area (Å²) in [5, 5.41) is 35.3. The Balaban J connectivity index is 1.87. The standard InChI is InChI=1S/C22H16N7O12S3/c23-19-18-11(9-16(43(36,37)38)20(19)26-24-12-1-5-14(6-2-12)29(31)32)10-17(44(39,40)41)21(22(18)30)27-28-25-13-3-7-15(8-4-13)42(33,34)35/h1-10,30H,23H2,(H,33,34,35)(H,36,37,38)(H,39,40,41). The molecule has 0 aliphatic rings. The molecular formula is C22H16N7O12S3. The molecule has 0 aliphatic heterocycles. The highest BCUT2D eigenvalue weighted by atomic mass is 32.2. The molecule has 4 rings (SSSR count). The van der Waals surface area contributed by atoms with Crippen molar-refractivity contribution in [2.75, 3.05) is 5.73 Å². The fourth-order valence-corrected chi connectivity index (χ4v) is 5.47. The van der Waals surface area contributed by atoms with Crippen LogP contribution in [-0.2, 0) is 30.4 Å². The van der Waals surface area contributed by atoms with Crippen molar-refractivity contribution in [3.8, 4) is 5.75 Å². The van der Waals surface area contributed by atoms with Gasteiger partial charge in [-0.1, -0.05) is 0 Å². The average molecular weight is 667 g/mol. The number of hydrogen-bond acceptors (Lipinski definition) is 14. The van der Waals surface area contributed by atoms with Crippen molar-refractivity contribution in [3.05, 3.63) is 70.8 Å². The van der Waals surface area contributed by atoms with Crippen LogP contribution in [0, 0.1) is 10.1 Å². The number of nitro groups is 1. The van der Waals surface area contributed by atoms with E-state index in [2.05, 4.69) is 26.0 Å². The van der Waals surface area contributed by atoms with E-state index >= 15 is 0 Å². The lowest BCUT2D eigenvalue weighted by Crippen LogP contribution is -2.04. The second kappa shape index (κ2) is 11.5. The maximum absolute atomic E-state index is 12.2. The molecule has 0 bridgehead atoms. The van der Waals surface area contributed by atoms with E-state index in [1.54, 1.807) is 0 Å². The quantitative estimate of drug-likeness (QED) is 0.0552. The zero-order chi connectivity index (χ0) is 32.6. The van der Waals surface area contributed by atoms with Gasteiger partial charge in [-0.3, -0.25) is 23.8 Å². The predicted octanol–water partition coefficient (Wildman–Crippen LogP) is 4.13. The molecular weight excluding hydrogens is 650 g/mol. The van der Waals surface area contributed by atoms with E-state index in [9.17, 15) is 49.6 Å². The van der Waals surface area contributed by atoms with Gasteiger partial charge in [-0.2, -0.15) is 30.4 Å². The molecule has 0 aromatic heterocycles. The Morgan fingerprint density at radius 3 is 1.73 bits per heavy atom. The number of aromatic hydroxyl groups is 1. The summed E-state index contributed by atoms with van der Waals surface area (Å²) in [6.07, 6.45) is 0. The van der Waals surface area contributed by atoms with Crippen LogP contribution in [0.4, 0.5) is 34.1 Å². The summed E-state index contributed by atoms with van der Waals surface area (Å²) in [5.41, 5.74) is 7.07. The van der Waals surface area contributed by atoms with E-state index in [1.807, 2.05) is 0 Å². The van der Waals surface area contributed by atoms with Crippen LogP contribution in [-0.4, -0.2) is 48.9 Å². The van der Waals surface area contributed by atoms with E-state index in [1.165, 1.54) is 12.1 Å². The van der Waals surface area contributed by atoms with Crippen molar-refractivity contribution in [1.82, 2.24) is 5.43 Å². The molecule has 6 N–H and O–H groups in total. The van der Waals surface area contributed by atoms with Gasteiger partial charge in [-0.25, -0.2) is 0 Å². The molecule has 0 atom stereocenters. The van der Waals surface area contributed by atoms with Crippen molar-refractivity contribution in [3.63, 3.8) is 0 Å². The van der Waals surface area contributed by atoms with Gasteiger partial charge in [-0.05, 0) is 59.1 Å².